The third-order valence-electron chi connectivity index (χ3n) is 4.35. The van der Waals surface area contributed by atoms with Crippen molar-refractivity contribution in [3.63, 3.8) is 0 Å². The summed E-state index contributed by atoms with van der Waals surface area (Å²) in [6, 6.07) is 9.27. The van der Waals surface area contributed by atoms with Crippen molar-refractivity contribution in [1.29, 1.82) is 0 Å². The number of benzene rings is 1. The average molecular weight is 257 g/mol. The summed E-state index contributed by atoms with van der Waals surface area (Å²) in [6.45, 7) is 4.45. The number of hydrogen-bond donors (Lipinski definition) is 1. The predicted octanol–water partition coefficient (Wildman–Crippen LogP) is 3.58. The van der Waals surface area contributed by atoms with Gasteiger partial charge in [0.05, 0.1) is 0 Å². The molecule has 0 spiro atoms. The van der Waals surface area contributed by atoms with Gasteiger partial charge in [0, 0.05) is 18.4 Å². The highest BCUT2D eigenvalue weighted by Crippen LogP contribution is 2.41. The molecule has 1 aliphatic heterocycles. The van der Waals surface area contributed by atoms with Gasteiger partial charge in [0.15, 0.2) is 0 Å². The zero-order chi connectivity index (χ0) is 13.4. The van der Waals surface area contributed by atoms with Crippen molar-refractivity contribution in [3.8, 4) is 0 Å². The maximum Gasteiger partial charge on any atom is 0.220 e. The van der Waals surface area contributed by atoms with Crippen LogP contribution >= 0.6 is 0 Å². The second-order valence-electron chi connectivity index (χ2n) is 6.56. The summed E-state index contributed by atoms with van der Waals surface area (Å²) in [5.41, 5.74) is 2.83. The molecule has 0 radical (unpaired) electrons. The zero-order valence-corrected chi connectivity index (χ0v) is 11.9. The molecule has 1 saturated heterocycles. The molecule has 1 aromatic carbocycles. The quantitative estimate of drug-likeness (QED) is 0.877. The lowest BCUT2D eigenvalue weighted by Gasteiger charge is -2.21. The number of rotatable bonds is 4. The minimum atomic E-state index is 0.215. The smallest absolute Gasteiger partial charge is 0.220 e. The fourth-order valence-electron chi connectivity index (χ4n) is 3.25. The molecule has 1 amide bonds. The standard InChI is InChI=1S/C17H23NO/c1-11(2)8-16-15(10-17(19)18-16)14-5-3-4-13(9-14)12-6-7-12/h3-5,9,11-12,15-16H,6-8,10H2,1-2H3,(H,18,19). The van der Waals surface area contributed by atoms with Gasteiger partial charge in [-0.1, -0.05) is 38.1 Å². The summed E-state index contributed by atoms with van der Waals surface area (Å²) in [4.78, 5) is 11.7. The van der Waals surface area contributed by atoms with Crippen molar-refractivity contribution in [2.45, 2.75) is 57.4 Å². The topological polar surface area (TPSA) is 29.1 Å². The first-order valence-corrected chi connectivity index (χ1v) is 7.52. The summed E-state index contributed by atoms with van der Waals surface area (Å²) in [5.74, 6) is 1.99. The Morgan fingerprint density at radius 2 is 2.00 bits per heavy atom. The van der Waals surface area contributed by atoms with E-state index in [0.29, 0.717) is 24.3 Å². The highest BCUT2D eigenvalue weighted by molar-refractivity contribution is 5.80. The molecule has 1 heterocycles. The Morgan fingerprint density at radius 1 is 1.26 bits per heavy atom. The van der Waals surface area contributed by atoms with Crippen molar-refractivity contribution in [3.05, 3.63) is 35.4 Å². The molecule has 2 fully saturated rings. The summed E-state index contributed by atoms with van der Waals surface area (Å²) in [5, 5.41) is 3.16. The summed E-state index contributed by atoms with van der Waals surface area (Å²) in [7, 11) is 0. The predicted molar refractivity (Wildman–Crippen MR) is 77.2 cm³/mol. The van der Waals surface area contributed by atoms with Gasteiger partial charge in [-0.3, -0.25) is 4.79 Å². The third-order valence-corrected chi connectivity index (χ3v) is 4.35. The molecule has 102 valence electrons. The lowest BCUT2D eigenvalue weighted by Crippen LogP contribution is -2.29. The maximum atomic E-state index is 11.7. The van der Waals surface area contributed by atoms with Crippen LogP contribution in [0.2, 0.25) is 0 Å². The van der Waals surface area contributed by atoms with Gasteiger partial charge in [0.1, 0.15) is 0 Å². The van der Waals surface area contributed by atoms with Gasteiger partial charge in [-0.05, 0) is 42.2 Å². The minimum absolute atomic E-state index is 0.215. The largest absolute Gasteiger partial charge is 0.353 e. The molecule has 2 nitrogen and oxygen atoms in total. The second kappa shape index (κ2) is 4.99. The van der Waals surface area contributed by atoms with E-state index in [2.05, 4.69) is 43.4 Å². The molecule has 0 bridgehead atoms. The molecular weight excluding hydrogens is 234 g/mol. The Bertz CT molecular complexity index is 476. The molecule has 3 rings (SSSR count). The Balaban J connectivity index is 1.82. The lowest BCUT2D eigenvalue weighted by atomic mass is 9.86. The number of nitrogens with one attached hydrogen (secondary N) is 1. The van der Waals surface area contributed by atoms with Crippen LogP contribution in [-0.4, -0.2) is 11.9 Å². The normalized spacial score (nSPS) is 26.8. The van der Waals surface area contributed by atoms with Gasteiger partial charge in [0.2, 0.25) is 5.91 Å². The van der Waals surface area contributed by atoms with Crippen molar-refractivity contribution in [2.75, 3.05) is 0 Å². The van der Waals surface area contributed by atoms with E-state index in [0.717, 1.165) is 12.3 Å². The summed E-state index contributed by atoms with van der Waals surface area (Å²) in [6.07, 6.45) is 4.40. The van der Waals surface area contributed by atoms with E-state index in [1.165, 1.54) is 24.0 Å². The van der Waals surface area contributed by atoms with E-state index < -0.39 is 0 Å². The second-order valence-corrected chi connectivity index (χ2v) is 6.56. The Hall–Kier alpha value is -1.31. The highest BCUT2D eigenvalue weighted by Gasteiger charge is 2.34. The van der Waals surface area contributed by atoms with Gasteiger partial charge in [-0.25, -0.2) is 0 Å². The molecule has 0 aromatic heterocycles. The van der Waals surface area contributed by atoms with Crippen molar-refractivity contribution < 1.29 is 4.79 Å². The van der Waals surface area contributed by atoms with Gasteiger partial charge in [-0.2, -0.15) is 0 Å². The number of carbonyl (C=O) groups excluding carboxylic acids is 1. The van der Waals surface area contributed by atoms with Crippen LogP contribution in [0.5, 0.6) is 0 Å². The van der Waals surface area contributed by atoms with Crippen molar-refractivity contribution >= 4 is 5.91 Å². The number of hydrogen-bond acceptors (Lipinski definition) is 1. The number of carbonyl (C=O) groups is 1. The Morgan fingerprint density at radius 3 is 2.68 bits per heavy atom. The zero-order valence-electron chi connectivity index (χ0n) is 11.9. The van der Waals surface area contributed by atoms with Crippen LogP contribution in [0.3, 0.4) is 0 Å². The molecule has 2 unspecified atom stereocenters. The highest BCUT2D eigenvalue weighted by atomic mass is 16.2. The van der Waals surface area contributed by atoms with Crippen LogP contribution in [0.1, 0.15) is 62.5 Å². The first-order valence-electron chi connectivity index (χ1n) is 7.52. The van der Waals surface area contributed by atoms with Gasteiger partial charge >= 0.3 is 0 Å². The van der Waals surface area contributed by atoms with Crippen molar-refractivity contribution in [2.24, 2.45) is 5.92 Å². The van der Waals surface area contributed by atoms with Gasteiger partial charge in [-0.15, -0.1) is 0 Å². The number of amides is 1. The van der Waals surface area contributed by atoms with Crippen LogP contribution in [-0.2, 0) is 4.79 Å². The first-order chi connectivity index (χ1) is 9.13. The van der Waals surface area contributed by atoms with E-state index in [1.54, 1.807) is 0 Å². The van der Waals surface area contributed by atoms with E-state index in [-0.39, 0.29) is 5.91 Å². The summed E-state index contributed by atoms with van der Waals surface area (Å²) < 4.78 is 0. The lowest BCUT2D eigenvalue weighted by molar-refractivity contribution is -0.119. The first kappa shape index (κ1) is 12.7. The molecule has 19 heavy (non-hydrogen) atoms. The molecular formula is C17H23NO. The Labute approximate surface area is 115 Å². The average Bonchev–Trinajstić information content (AvgIpc) is 3.14. The SMILES string of the molecule is CC(C)CC1NC(=O)CC1c1cccc(C2CC2)c1. The van der Waals surface area contributed by atoms with Gasteiger partial charge in [0.25, 0.3) is 0 Å². The molecule has 1 saturated carbocycles. The molecule has 2 aliphatic rings. The fraction of sp³-hybridized carbons (Fsp3) is 0.588. The maximum absolute atomic E-state index is 11.7. The van der Waals surface area contributed by atoms with E-state index in [9.17, 15) is 4.79 Å². The van der Waals surface area contributed by atoms with Crippen LogP contribution in [0.4, 0.5) is 0 Å². The summed E-state index contributed by atoms with van der Waals surface area (Å²) >= 11 is 0. The monoisotopic (exact) mass is 257 g/mol. The van der Waals surface area contributed by atoms with E-state index in [1.807, 2.05) is 0 Å². The molecule has 2 heteroatoms. The molecule has 2 atom stereocenters. The van der Waals surface area contributed by atoms with Crippen LogP contribution in [0, 0.1) is 5.92 Å². The minimum Gasteiger partial charge on any atom is -0.353 e. The van der Waals surface area contributed by atoms with E-state index >= 15 is 0 Å². The van der Waals surface area contributed by atoms with Crippen molar-refractivity contribution in [1.82, 2.24) is 5.32 Å². The van der Waals surface area contributed by atoms with Crippen LogP contribution in [0.15, 0.2) is 24.3 Å². The molecule has 1 N–H and O–H groups in total. The molecule has 1 aliphatic carbocycles. The fourth-order valence-corrected chi connectivity index (χ4v) is 3.25. The molecule has 1 aromatic rings. The van der Waals surface area contributed by atoms with Gasteiger partial charge < -0.3 is 5.32 Å². The van der Waals surface area contributed by atoms with Crippen LogP contribution < -0.4 is 5.32 Å². The van der Waals surface area contributed by atoms with E-state index in [4.69, 9.17) is 0 Å². The Kier molecular flexibility index (Phi) is 3.34. The third kappa shape index (κ3) is 2.83. The van der Waals surface area contributed by atoms with Crippen LogP contribution in [0.25, 0.3) is 0 Å².